The first-order valence-corrected chi connectivity index (χ1v) is 13.6. The van der Waals surface area contributed by atoms with Crippen LogP contribution >= 0.6 is 0 Å². The largest absolute Gasteiger partial charge is 0.366 e. The van der Waals surface area contributed by atoms with Crippen molar-refractivity contribution in [2.75, 3.05) is 18.0 Å². The summed E-state index contributed by atoms with van der Waals surface area (Å²) in [7, 11) is 0. The highest BCUT2D eigenvalue weighted by molar-refractivity contribution is 5.95. The number of rotatable bonds is 9. The first-order valence-electron chi connectivity index (χ1n) is 13.6. The minimum Gasteiger partial charge on any atom is -0.366 e. The van der Waals surface area contributed by atoms with E-state index < -0.39 is 11.7 Å². The van der Waals surface area contributed by atoms with E-state index in [2.05, 4.69) is 9.88 Å². The molecule has 1 aliphatic rings. The summed E-state index contributed by atoms with van der Waals surface area (Å²) < 4.78 is 15.3. The van der Waals surface area contributed by atoms with Gasteiger partial charge in [-0.25, -0.2) is 4.39 Å². The van der Waals surface area contributed by atoms with Crippen molar-refractivity contribution in [3.8, 4) is 0 Å². The van der Waals surface area contributed by atoms with E-state index in [9.17, 15) is 9.59 Å². The molecule has 1 aliphatic heterocycles. The molecule has 0 bridgehead atoms. The van der Waals surface area contributed by atoms with Gasteiger partial charge in [-0.05, 0) is 95.1 Å². The summed E-state index contributed by atoms with van der Waals surface area (Å²) in [5.74, 6) is -1.07. The van der Waals surface area contributed by atoms with Crippen LogP contribution in [-0.2, 0) is 6.54 Å². The highest BCUT2D eigenvalue weighted by Crippen LogP contribution is 2.35. The maximum atomic E-state index is 15.3. The molecule has 2 heterocycles. The van der Waals surface area contributed by atoms with Crippen LogP contribution in [-0.4, -0.2) is 57.8 Å². The molecule has 1 aromatic heterocycles. The number of nitrogens with two attached hydrogens (primary N) is 1. The van der Waals surface area contributed by atoms with Crippen LogP contribution in [0.15, 0.2) is 66.9 Å². The van der Waals surface area contributed by atoms with Crippen molar-refractivity contribution < 1.29 is 14.0 Å². The minimum absolute atomic E-state index is 0.00742. The number of aromatic nitrogens is 1. The van der Waals surface area contributed by atoms with Gasteiger partial charge in [0.15, 0.2) is 0 Å². The van der Waals surface area contributed by atoms with Crippen molar-refractivity contribution in [2.24, 2.45) is 5.73 Å². The molecule has 206 valence electrons. The van der Waals surface area contributed by atoms with Crippen LogP contribution in [0.25, 0.3) is 0 Å². The Morgan fingerprint density at radius 2 is 1.62 bits per heavy atom. The third kappa shape index (κ3) is 6.63. The lowest BCUT2D eigenvalue weighted by Crippen LogP contribution is -2.43. The molecular formula is C31H38FN5O2. The lowest BCUT2D eigenvalue weighted by molar-refractivity contribution is 0.0643. The van der Waals surface area contributed by atoms with Gasteiger partial charge in [0.05, 0.1) is 11.4 Å². The monoisotopic (exact) mass is 531 g/mol. The molecule has 0 saturated carbocycles. The Balaban J connectivity index is 1.63. The van der Waals surface area contributed by atoms with E-state index in [0.29, 0.717) is 11.3 Å². The van der Waals surface area contributed by atoms with Gasteiger partial charge < -0.3 is 15.5 Å². The molecule has 7 nitrogen and oxygen atoms in total. The third-order valence-corrected chi connectivity index (χ3v) is 7.26. The van der Waals surface area contributed by atoms with E-state index in [-0.39, 0.29) is 29.6 Å². The number of hydrogen-bond donors (Lipinski definition) is 1. The van der Waals surface area contributed by atoms with Gasteiger partial charge in [-0.1, -0.05) is 6.07 Å². The number of piperidine rings is 1. The molecule has 2 N–H and O–H groups in total. The number of carbonyl (C=O) groups is 2. The highest BCUT2D eigenvalue weighted by atomic mass is 19.1. The fourth-order valence-corrected chi connectivity index (χ4v) is 5.43. The van der Waals surface area contributed by atoms with Crippen molar-refractivity contribution in [3.63, 3.8) is 0 Å². The highest BCUT2D eigenvalue weighted by Gasteiger charge is 2.29. The van der Waals surface area contributed by atoms with E-state index in [1.54, 1.807) is 18.3 Å². The number of halogens is 1. The van der Waals surface area contributed by atoms with Gasteiger partial charge in [0, 0.05) is 60.8 Å². The van der Waals surface area contributed by atoms with Crippen LogP contribution in [0.2, 0.25) is 0 Å². The number of nitrogens with zero attached hydrogens (tertiary/aromatic N) is 4. The fourth-order valence-electron chi connectivity index (χ4n) is 5.43. The molecule has 0 spiro atoms. The van der Waals surface area contributed by atoms with Gasteiger partial charge in [0.25, 0.3) is 5.91 Å². The van der Waals surface area contributed by atoms with E-state index in [1.807, 2.05) is 67.8 Å². The predicted octanol–water partition coefficient (Wildman–Crippen LogP) is 5.38. The smallest absolute Gasteiger partial charge is 0.254 e. The number of anilines is 2. The van der Waals surface area contributed by atoms with Crippen LogP contribution < -0.4 is 10.6 Å². The standard InChI is InChI=1S/C31H38FN5O2/c1-21(2)36(22(3)4)31(39)23-8-11-26(12-9-23)37(29-19-24(30(33)38)10-13-28(29)32)27-14-17-35(18-15-27)20-25-7-5-6-16-34-25/h5-13,16,19,21-22,27H,14-15,17-18,20H2,1-4H3,(H2,33,38). The summed E-state index contributed by atoms with van der Waals surface area (Å²) in [5.41, 5.74) is 8.45. The summed E-state index contributed by atoms with van der Waals surface area (Å²) in [4.78, 5) is 35.8. The Kier molecular flexibility index (Phi) is 8.97. The average Bonchev–Trinajstić information content (AvgIpc) is 2.91. The van der Waals surface area contributed by atoms with E-state index in [1.165, 1.54) is 18.2 Å². The van der Waals surface area contributed by atoms with Gasteiger partial charge in [-0.15, -0.1) is 0 Å². The van der Waals surface area contributed by atoms with Crippen molar-refractivity contribution in [1.82, 2.24) is 14.8 Å². The summed E-state index contributed by atoms with van der Waals surface area (Å²) in [6.45, 7) is 10.4. The van der Waals surface area contributed by atoms with Crippen molar-refractivity contribution in [2.45, 2.75) is 65.2 Å². The Bertz CT molecular complexity index is 1260. The predicted molar refractivity (Wildman–Crippen MR) is 152 cm³/mol. The van der Waals surface area contributed by atoms with Gasteiger partial charge in [0.1, 0.15) is 5.82 Å². The molecule has 39 heavy (non-hydrogen) atoms. The first kappa shape index (κ1) is 28.2. The molecule has 0 radical (unpaired) electrons. The second-order valence-electron chi connectivity index (χ2n) is 10.7. The quantitative estimate of drug-likeness (QED) is 0.401. The van der Waals surface area contributed by atoms with Crippen molar-refractivity contribution in [1.29, 1.82) is 0 Å². The van der Waals surface area contributed by atoms with Crippen LogP contribution in [0, 0.1) is 5.82 Å². The molecule has 1 saturated heterocycles. The third-order valence-electron chi connectivity index (χ3n) is 7.26. The number of benzene rings is 2. The Morgan fingerprint density at radius 1 is 0.974 bits per heavy atom. The minimum atomic E-state index is -0.607. The number of carbonyl (C=O) groups excluding carboxylic acids is 2. The first-order chi connectivity index (χ1) is 18.7. The Hall–Kier alpha value is -3.78. The van der Waals surface area contributed by atoms with Gasteiger partial charge in [-0.2, -0.15) is 0 Å². The molecule has 1 fully saturated rings. The lowest BCUT2D eigenvalue weighted by atomic mass is 9.99. The van der Waals surface area contributed by atoms with Crippen LogP contribution in [0.5, 0.6) is 0 Å². The lowest BCUT2D eigenvalue weighted by Gasteiger charge is -2.40. The molecule has 3 aromatic rings. The summed E-state index contributed by atoms with van der Waals surface area (Å²) >= 11 is 0. The molecule has 2 aromatic carbocycles. The maximum absolute atomic E-state index is 15.3. The zero-order chi connectivity index (χ0) is 28.1. The number of amides is 2. The second kappa shape index (κ2) is 12.4. The molecule has 4 rings (SSSR count). The topological polar surface area (TPSA) is 82.8 Å². The van der Waals surface area contributed by atoms with Crippen molar-refractivity contribution in [3.05, 3.63) is 89.5 Å². The van der Waals surface area contributed by atoms with Crippen LogP contribution in [0.3, 0.4) is 0 Å². The normalized spacial score (nSPS) is 14.5. The van der Waals surface area contributed by atoms with E-state index in [4.69, 9.17) is 5.73 Å². The number of pyridine rings is 1. The molecular weight excluding hydrogens is 493 g/mol. The van der Waals surface area contributed by atoms with Crippen LogP contribution in [0.4, 0.5) is 15.8 Å². The molecule has 0 unspecified atom stereocenters. The fraction of sp³-hybridized carbons (Fsp3) is 0.387. The second-order valence-corrected chi connectivity index (χ2v) is 10.7. The Morgan fingerprint density at radius 3 is 2.18 bits per heavy atom. The van der Waals surface area contributed by atoms with Gasteiger partial charge in [-0.3, -0.25) is 19.5 Å². The molecule has 2 amide bonds. The van der Waals surface area contributed by atoms with Crippen LogP contribution in [0.1, 0.15) is 66.9 Å². The number of primary amides is 1. The number of likely N-dealkylation sites (tertiary alicyclic amines) is 1. The maximum Gasteiger partial charge on any atom is 0.254 e. The average molecular weight is 532 g/mol. The summed E-state index contributed by atoms with van der Waals surface area (Å²) in [5, 5.41) is 0. The summed E-state index contributed by atoms with van der Waals surface area (Å²) in [6.07, 6.45) is 3.39. The SMILES string of the molecule is CC(C)N(C(=O)c1ccc(N(c2cc(C(N)=O)ccc2F)C2CCN(Cc3ccccn3)CC2)cc1)C(C)C. The van der Waals surface area contributed by atoms with Gasteiger partial charge >= 0.3 is 0 Å². The molecule has 8 heteroatoms. The van der Waals surface area contributed by atoms with Gasteiger partial charge in [0.2, 0.25) is 5.91 Å². The molecule has 0 aliphatic carbocycles. The van der Waals surface area contributed by atoms with E-state index >= 15 is 4.39 Å². The van der Waals surface area contributed by atoms with E-state index in [0.717, 1.165) is 43.9 Å². The number of hydrogen-bond acceptors (Lipinski definition) is 5. The summed E-state index contributed by atoms with van der Waals surface area (Å²) in [6, 6.07) is 17.6. The zero-order valence-electron chi connectivity index (χ0n) is 23.2. The van der Waals surface area contributed by atoms with Crippen molar-refractivity contribution >= 4 is 23.2 Å². The zero-order valence-corrected chi connectivity index (χ0v) is 23.2. The molecule has 0 atom stereocenters. The Labute approximate surface area is 230 Å².